The van der Waals surface area contributed by atoms with E-state index in [9.17, 15) is 0 Å². The highest BCUT2D eigenvalue weighted by molar-refractivity contribution is 5.44. The highest BCUT2D eigenvalue weighted by Gasteiger charge is 2.20. The van der Waals surface area contributed by atoms with Crippen molar-refractivity contribution in [2.24, 2.45) is 0 Å². The number of fused-ring (bicyclic) bond motifs is 1. The molecule has 0 spiro atoms. The van der Waals surface area contributed by atoms with Crippen LogP contribution in [0.15, 0.2) is 47.0 Å². The van der Waals surface area contributed by atoms with Crippen molar-refractivity contribution in [3.8, 4) is 23.0 Å². The van der Waals surface area contributed by atoms with E-state index < -0.39 is 0 Å². The van der Waals surface area contributed by atoms with E-state index in [2.05, 4.69) is 32.1 Å². The molecule has 32 heavy (non-hydrogen) atoms. The molecule has 3 heterocycles. The minimum Gasteiger partial charge on any atom is -0.497 e. The standard InChI is InChI=1S/C23H26N4O5/c1-28-18-3-5-19(6-4-18)29-15-22-24-23(32-25-22)14-27-10-8-26(9-11-27)13-17-2-7-20-21(12-17)31-16-30-20/h2-7,12H,8-11,13-16H2,1H3. The summed E-state index contributed by atoms with van der Waals surface area (Å²) in [5.41, 5.74) is 1.24. The van der Waals surface area contributed by atoms with Crippen molar-refractivity contribution in [3.63, 3.8) is 0 Å². The van der Waals surface area contributed by atoms with Crippen LogP contribution in [0.4, 0.5) is 0 Å². The van der Waals surface area contributed by atoms with Gasteiger partial charge in [0.25, 0.3) is 0 Å². The molecule has 9 heteroatoms. The third kappa shape index (κ3) is 4.95. The largest absolute Gasteiger partial charge is 0.497 e. The van der Waals surface area contributed by atoms with Gasteiger partial charge in [0.05, 0.1) is 13.7 Å². The van der Waals surface area contributed by atoms with Crippen molar-refractivity contribution < 1.29 is 23.5 Å². The molecule has 0 bridgehead atoms. The molecular formula is C23H26N4O5. The van der Waals surface area contributed by atoms with Crippen LogP contribution in [0.25, 0.3) is 0 Å². The molecule has 2 aliphatic heterocycles. The first-order valence-corrected chi connectivity index (χ1v) is 10.7. The number of hydrogen-bond acceptors (Lipinski definition) is 9. The Labute approximate surface area is 186 Å². The van der Waals surface area contributed by atoms with E-state index in [1.807, 2.05) is 30.3 Å². The van der Waals surface area contributed by atoms with Crippen LogP contribution in [0.3, 0.4) is 0 Å². The van der Waals surface area contributed by atoms with Gasteiger partial charge in [-0.25, -0.2) is 0 Å². The molecule has 0 radical (unpaired) electrons. The number of rotatable bonds is 8. The summed E-state index contributed by atoms with van der Waals surface area (Å²) in [6.45, 7) is 5.98. The van der Waals surface area contributed by atoms with E-state index >= 15 is 0 Å². The van der Waals surface area contributed by atoms with E-state index in [1.165, 1.54) is 5.56 Å². The van der Waals surface area contributed by atoms with Crippen molar-refractivity contribution in [1.29, 1.82) is 0 Å². The van der Waals surface area contributed by atoms with Crippen LogP contribution in [0.5, 0.6) is 23.0 Å². The first kappa shape index (κ1) is 20.6. The number of nitrogens with zero attached hydrogens (tertiary/aromatic N) is 4. The SMILES string of the molecule is COc1ccc(OCc2noc(CN3CCN(Cc4ccc5c(c4)OCO5)CC3)n2)cc1. The fourth-order valence-corrected chi connectivity index (χ4v) is 3.83. The van der Waals surface area contributed by atoms with Crippen molar-refractivity contribution in [1.82, 2.24) is 19.9 Å². The molecule has 0 amide bonds. The fourth-order valence-electron chi connectivity index (χ4n) is 3.83. The highest BCUT2D eigenvalue weighted by Crippen LogP contribution is 2.32. The van der Waals surface area contributed by atoms with Gasteiger partial charge in [0.15, 0.2) is 18.1 Å². The Morgan fingerprint density at radius 3 is 2.38 bits per heavy atom. The molecule has 168 valence electrons. The van der Waals surface area contributed by atoms with Gasteiger partial charge < -0.3 is 23.5 Å². The topological polar surface area (TPSA) is 82.3 Å². The lowest BCUT2D eigenvalue weighted by Crippen LogP contribution is -2.45. The van der Waals surface area contributed by atoms with E-state index in [0.717, 1.165) is 55.7 Å². The van der Waals surface area contributed by atoms with Crippen LogP contribution in [0, 0.1) is 0 Å². The highest BCUT2D eigenvalue weighted by atomic mass is 16.7. The number of methoxy groups -OCH3 is 1. The van der Waals surface area contributed by atoms with Crippen molar-refractivity contribution >= 4 is 0 Å². The lowest BCUT2D eigenvalue weighted by atomic mass is 10.1. The number of ether oxygens (including phenoxy) is 4. The predicted octanol–water partition coefficient (Wildman–Crippen LogP) is 2.70. The summed E-state index contributed by atoms with van der Waals surface area (Å²) >= 11 is 0. The second-order valence-electron chi connectivity index (χ2n) is 7.81. The summed E-state index contributed by atoms with van der Waals surface area (Å²) in [4.78, 5) is 9.24. The summed E-state index contributed by atoms with van der Waals surface area (Å²) in [6, 6.07) is 13.6. The second kappa shape index (κ2) is 9.46. The Morgan fingerprint density at radius 1 is 0.875 bits per heavy atom. The lowest BCUT2D eigenvalue weighted by molar-refractivity contribution is 0.112. The van der Waals surface area contributed by atoms with Crippen LogP contribution < -0.4 is 18.9 Å². The van der Waals surface area contributed by atoms with Crippen LogP contribution in [0.1, 0.15) is 17.3 Å². The maximum Gasteiger partial charge on any atom is 0.240 e. The zero-order valence-electron chi connectivity index (χ0n) is 18.0. The lowest BCUT2D eigenvalue weighted by Gasteiger charge is -2.33. The molecule has 0 atom stereocenters. The van der Waals surface area contributed by atoms with Gasteiger partial charge >= 0.3 is 0 Å². The maximum atomic E-state index is 5.72. The molecular weight excluding hydrogens is 412 g/mol. The van der Waals surface area contributed by atoms with Gasteiger partial charge in [0.1, 0.15) is 11.5 Å². The first-order valence-electron chi connectivity index (χ1n) is 10.7. The fraction of sp³-hybridized carbons (Fsp3) is 0.391. The van der Waals surface area contributed by atoms with E-state index in [-0.39, 0.29) is 6.61 Å². The van der Waals surface area contributed by atoms with Crippen molar-refractivity contribution in [3.05, 3.63) is 59.7 Å². The first-order chi connectivity index (χ1) is 15.7. The summed E-state index contributed by atoms with van der Waals surface area (Å²) in [5.74, 6) is 4.34. The Bertz CT molecular complexity index is 1030. The van der Waals surface area contributed by atoms with Gasteiger partial charge in [0, 0.05) is 32.7 Å². The number of benzene rings is 2. The molecule has 1 aromatic heterocycles. The molecule has 0 saturated carbocycles. The van der Waals surface area contributed by atoms with Crippen LogP contribution >= 0.6 is 0 Å². The third-order valence-electron chi connectivity index (χ3n) is 5.60. The van der Waals surface area contributed by atoms with Gasteiger partial charge in [0.2, 0.25) is 18.5 Å². The van der Waals surface area contributed by atoms with E-state index in [4.69, 9.17) is 23.5 Å². The summed E-state index contributed by atoms with van der Waals surface area (Å²) in [7, 11) is 1.63. The second-order valence-corrected chi connectivity index (χ2v) is 7.81. The maximum absolute atomic E-state index is 5.72. The van der Waals surface area contributed by atoms with E-state index in [0.29, 0.717) is 25.1 Å². The minimum absolute atomic E-state index is 0.263. The van der Waals surface area contributed by atoms with Gasteiger partial charge in [-0.1, -0.05) is 11.2 Å². The van der Waals surface area contributed by atoms with Crippen LogP contribution in [0.2, 0.25) is 0 Å². The Hall–Kier alpha value is -3.30. The predicted molar refractivity (Wildman–Crippen MR) is 115 cm³/mol. The molecule has 5 rings (SSSR count). The van der Waals surface area contributed by atoms with Crippen LogP contribution in [-0.4, -0.2) is 60.0 Å². The molecule has 0 aliphatic carbocycles. The van der Waals surface area contributed by atoms with Crippen LogP contribution in [-0.2, 0) is 19.7 Å². The van der Waals surface area contributed by atoms with Gasteiger partial charge in [-0.2, -0.15) is 4.98 Å². The smallest absolute Gasteiger partial charge is 0.240 e. The van der Waals surface area contributed by atoms with E-state index in [1.54, 1.807) is 7.11 Å². The monoisotopic (exact) mass is 438 g/mol. The van der Waals surface area contributed by atoms with Gasteiger partial charge in [-0.05, 0) is 42.0 Å². The quantitative estimate of drug-likeness (QED) is 0.527. The Balaban J connectivity index is 1.06. The summed E-state index contributed by atoms with van der Waals surface area (Å²) < 4.78 is 27.1. The molecule has 9 nitrogen and oxygen atoms in total. The molecule has 3 aromatic rings. The minimum atomic E-state index is 0.263. The average molecular weight is 438 g/mol. The number of aromatic nitrogens is 2. The Morgan fingerprint density at radius 2 is 1.59 bits per heavy atom. The molecule has 0 unspecified atom stereocenters. The summed E-state index contributed by atoms with van der Waals surface area (Å²) in [5, 5.41) is 4.03. The third-order valence-corrected chi connectivity index (χ3v) is 5.60. The molecule has 0 N–H and O–H groups in total. The zero-order chi connectivity index (χ0) is 21.8. The van der Waals surface area contributed by atoms with Crippen molar-refractivity contribution in [2.45, 2.75) is 19.7 Å². The molecule has 1 fully saturated rings. The average Bonchev–Trinajstić information content (AvgIpc) is 3.48. The van der Waals surface area contributed by atoms with Crippen molar-refractivity contribution in [2.75, 3.05) is 40.1 Å². The normalized spacial score (nSPS) is 16.3. The van der Waals surface area contributed by atoms with Gasteiger partial charge in [-0.15, -0.1) is 0 Å². The summed E-state index contributed by atoms with van der Waals surface area (Å²) in [6.07, 6.45) is 0. The number of piperazine rings is 1. The molecule has 2 aliphatic rings. The molecule has 2 aromatic carbocycles. The zero-order valence-corrected chi connectivity index (χ0v) is 18.0. The molecule has 1 saturated heterocycles. The number of hydrogen-bond donors (Lipinski definition) is 0. The Kier molecular flexibility index (Phi) is 6.09. The van der Waals surface area contributed by atoms with Gasteiger partial charge in [-0.3, -0.25) is 9.80 Å².